The van der Waals surface area contributed by atoms with Crippen molar-refractivity contribution in [2.45, 2.75) is 0 Å². The molecule has 0 aliphatic heterocycles. The van der Waals surface area contributed by atoms with Crippen LogP contribution in [0.1, 0.15) is 10.4 Å². The number of halogens is 1. The third kappa shape index (κ3) is 2.20. The average Bonchev–Trinajstić information content (AvgIpc) is 2.31. The molecule has 0 bridgehead atoms. The lowest BCUT2D eigenvalue weighted by Crippen LogP contribution is -1.91. The van der Waals surface area contributed by atoms with Crippen LogP contribution in [0.4, 0.5) is 0 Å². The Morgan fingerprint density at radius 1 is 1.25 bits per heavy atom. The Morgan fingerprint density at radius 2 is 2.12 bits per heavy atom. The second kappa shape index (κ2) is 4.77. The fourth-order valence-corrected chi connectivity index (χ4v) is 1.47. The standard InChI is InChI=1S/C12H8ClNO2/c13-11-4-1-5-12(10(11)8-15)16-9-3-2-6-14-7-9/h1-8H. The number of carbonyl (C=O) groups excluding carboxylic acids is 1. The van der Waals surface area contributed by atoms with Gasteiger partial charge < -0.3 is 4.74 Å². The van der Waals surface area contributed by atoms with Gasteiger partial charge in [-0.15, -0.1) is 0 Å². The van der Waals surface area contributed by atoms with E-state index in [9.17, 15) is 4.79 Å². The first-order chi connectivity index (χ1) is 7.81. The van der Waals surface area contributed by atoms with Crippen LogP contribution in [0.2, 0.25) is 5.02 Å². The number of hydrogen-bond donors (Lipinski definition) is 0. The minimum absolute atomic E-state index is 0.341. The van der Waals surface area contributed by atoms with Crippen molar-refractivity contribution in [3.8, 4) is 11.5 Å². The maximum absolute atomic E-state index is 10.9. The van der Waals surface area contributed by atoms with Crippen molar-refractivity contribution < 1.29 is 9.53 Å². The van der Waals surface area contributed by atoms with Crippen molar-refractivity contribution in [1.82, 2.24) is 4.98 Å². The number of aromatic nitrogens is 1. The van der Waals surface area contributed by atoms with Gasteiger partial charge in [0.1, 0.15) is 11.5 Å². The molecule has 1 aromatic carbocycles. The van der Waals surface area contributed by atoms with Gasteiger partial charge in [-0.05, 0) is 24.3 Å². The highest BCUT2D eigenvalue weighted by Gasteiger charge is 2.07. The summed E-state index contributed by atoms with van der Waals surface area (Å²) in [4.78, 5) is 14.8. The van der Waals surface area contributed by atoms with E-state index in [4.69, 9.17) is 16.3 Å². The van der Waals surface area contributed by atoms with Crippen LogP contribution < -0.4 is 4.74 Å². The number of aldehydes is 1. The first-order valence-electron chi connectivity index (χ1n) is 4.63. The lowest BCUT2D eigenvalue weighted by atomic mass is 10.2. The molecular weight excluding hydrogens is 226 g/mol. The molecule has 0 amide bonds. The van der Waals surface area contributed by atoms with Gasteiger partial charge in [-0.25, -0.2) is 0 Å². The van der Waals surface area contributed by atoms with Crippen molar-refractivity contribution in [3.63, 3.8) is 0 Å². The Labute approximate surface area is 97.7 Å². The smallest absolute Gasteiger partial charge is 0.155 e. The van der Waals surface area contributed by atoms with Crippen LogP contribution in [0.5, 0.6) is 11.5 Å². The summed E-state index contributed by atoms with van der Waals surface area (Å²) < 4.78 is 5.50. The maximum Gasteiger partial charge on any atom is 0.155 e. The molecule has 80 valence electrons. The van der Waals surface area contributed by atoms with Gasteiger partial charge in [0.2, 0.25) is 0 Å². The van der Waals surface area contributed by atoms with E-state index in [1.54, 1.807) is 42.7 Å². The lowest BCUT2D eigenvalue weighted by Gasteiger charge is -2.07. The van der Waals surface area contributed by atoms with Gasteiger partial charge in [0, 0.05) is 6.20 Å². The minimum Gasteiger partial charge on any atom is -0.455 e. The van der Waals surface area contributed by atoms with Crippen molar-refractivity contribution >= 4 is 17.9 Å². The summed E-state index contributed by atoms with van der Waals surface area (Å²) in [7, 11) is 0. The number of benzene rings is 1. The topological polar surface area (TPSA) is 39.2 Å². The molecule has 0 spiro atoms. The summed E-state index contributed by atoms with van der Waals surface area (Å²) in [6.07, 6.45) is 3.88. The van der Waals surface area contributed by atoms with Crippen LogP contribution in [-0.2, 0) is 0 Å². The highest BCUT2D eigenvalue weighted by Crippen LogP contribution is 2.28. The second-order valence-electron chi connectivity index (χ2n) is 3.06. The number of pyridine rings is 1. The molecule has 0 aliphatic rings. The molecule has 0 saturated carbocycles. The molecule has 0 fully saturated rings. The summed E-state index contributed by atoms with van der Waals surface area (Å²) >= 11 is 5.87. The quantitative estimate of drug-likeness (QED) is 0.764. The van der Waals surface area contributed by atoms with Gasteiger partial charge in [0.25, 0.3) is 0 Å². The van der Waals surface area contributed by atoms with Crippen molar-refractivity contribution in [2.75, 3.05) is 0 Å². The molecule has 16 heavy (non-hydrogen) atoms. The summed E-state index contributed by atoms with van der Waals surface area (Å²) in [5, 5.41) is 0.372. The van der Waals surface area contributed by atoms with E-state index >= 15 is 0 Å². The van der Waals surface area contributed by atoms with Crippen LogP contribution in [-0.4, -0.2) is 11.3 Å². The lowest BCUT2D eigenvalue weighted by molar-refractivity contribution is 0.112. The third-order valence-electron chi connectivity index (χ3n) is 1.99. The summed E-state index contributed by atoms with van der Waals surface area (Å²) in [5.74, 6) is 0.989. The van der Waals surface area contributed by atoms with Gasteiger partial charge in [-0.1, -0.05) is 17.7 Å². The van der Waals surface area contributed by atoms with Gasteiger partial charge >= 0.3 is 0 Å². The van der Waals surface area contributed by atoms with Gasteiger partial charge in [-0.2, -0.15) is 0 Å². The normalized spacial score (nSPS) is 9.81. The minimum atomic E-state index is 0.341. The molecule has 2 aromatic rings. The van der Waals surface area contributed by atoms with Crippen LogP contribution in [0.15, 0.2) is 42.7 Å². The number of ether oxygens (including phenoxy) is 1. The zero-order valence-electron chi connectivity index (χ0n) is 8.26. The van der Waals surface area contributed by atoms with Gasteiger partial charge in [0.15, 0.2) is 6.29 Å². The Bertz CT molecular complexity index is 500. The number of rotatable bonds is 3. The number of carbonyl (C=O) groups is 1. The van der Waals surface area contributed by atoms with E-state index in [0.29, 0.717) is 28.4 Å². The number of nitrogens with zero attached hydrogens (tertiary/aromatic N) is 1. The molecule has 0 aliphatic carbocycles. The fraction of sp³-hybridized carbons (Fsp3) is 0. The summed E-state index contributed by atoms with van der Waals surface area (Å²) in [6, 6.07) is 8.55. The zero-order chi connectivity index (χ0) is 11.4. The predicted molar refractivity (Wildman–Crippen MR) is 61.2 cm³/mol. The largest absolute Gasteiger partial charge is 0.455 e. The molecule has 4 heteroatoms. The van der Waals surface area contributed by atoms with Gasteiger partial charge in [0.05, 0.1) is 16.8 Å². The predicted octanol–water partition coefficient (Wildman–Crippen LogP) is 3.34. The molecule has 1 heterocycles. The molecule has 0 atom stereocenters. The summed E-state index contributed by atoms with van der Waals surface area (Å²) in [6.45, 7) is 0. The highest BCUT2D eigenvalue weighted by atomic mass is 35.5. The van der Waals surface area contributed by atoms with E-state index in [-0.39, 0.29) is 0 Å². The van der Waals surface area contributed by atoms with Crippen LogP contribution >= 0.6 is 11.6 Å². The Balaban J connectivity index is 2.35. The Morgan fingerprint density at radius 3 is 2.81 bits per heavy atom. The van der Waals surface area contributed by atoms with E-state index in [2.05, 4.69) is 4.98 Å². The molecule has 1 aromatic heterocycles. The SMILES string of the molecule is O=Cc1c(Cl)cccc1Oc1cccnc1. The van der Waals surface area contributed by atoms with Crippen LogP contribution in [0, 0.1) is 0 Å². The van der Waals surface area contributed by atoms with Crippen LogP contribution in [0.3, 0.4) is 0 Å². The highest BCUT2D eigenvalue weighted by molar-refractivity contribution is 6.33. The first-order valence-corrected chi connectivity index (χ1v) is 5.00. The molecule has 0 radical (unpaired) electrons. The molecule has 0 saturated heterocycles. The Kier molecular flexibility index (Phi) is 3.17. The second-order valence-corrected chi connectivity index (χ2v) is 3.47. The van der Waals surface area contributed by atoms with Crippen LogP contribution in [0.25, 0.3) is 0 Å². The van der Waals surface area contributed by atoms with E-state index < -0.39 is 0 Å². The third-order valence-corrected chi connectivity index (χ3v) is 2.32. The fourth-order valence-electron chi connectivity index (χ4n) is 1.26. The molecular formula is C12H8ClNO2. The van der Waals surface area contributed by atoms with Crippen molar-refractivity contribution in [2.24, 2.45) is 0 Å². The molecule has 0 N–H and O–H groups in total. The zero-order valence-corrected chi connectivity index (χ0v) is 9.02. The van der Waals surface area contributed by atoms with E-state index in [1.807, 2.05) is 0 Å². The van der Waals surface area contributed by atoms with E-state index in [0.717, 1.165) is 0 Å². The monoisotopic (exact) mass is 233 g/mol. The maximum atomic E-state index is 10.9. The average molecular weight is 234 g/mol. The van der Waals surface area contributed by atoms with Gasteiger partial charge in [-0.3, -0.25) is 9.78 Å². The Hall–Kier alpha value is -1.87. The molecule has 0 unspecified atom stereocenters. The van der Waals surface area contributed by atoms with Crippen molar-refractivity contribution in [1.29, 1.82) is 0 Å². The summed E-state index contributed by atoms with van der Waals surface area (Å²) in [5.41, 5.74) is 0.341. The number of hydrogen-bond acceptors (Lipinski definition) is 3. The van der Waals surface area contributed by atoms with Crippen molar-refractivity contribution in [3.05, 3.63) is 53.3 Å². The van der Waals surface area contributed by atoms with E-state index in [1.165, 1.54) is 0 Å². The molecule has 2 rings (SSSR count). The molecule has 3 nitrogen and oxygen atoms in total. The first kappa shape index (κ1) is 10.6.